The second-order valence-electron chi connectivity index (χ2n) is 31.9. The molecule has 0 aliphatic heterocycles. The van der Waals surface area contributed by atoms with E-state index in [1.165, 1.54) is 204 Å². The molecule has 0 aliphatic rings. The second-order valence-corrected chi connectivity index (χ2v) is 70.9. The Morgan fingerprint density at radius 2 is 0.465 bits per heavy atom. The topological polar surface area (TPSA) is 26.3 Å². The molecule has 0 fully saturated rings. The molecule has 0 radical (unpaired) electrons. The number of furan rings is 2. The predicted octanol–water partition coefficient (Wildman–Crippen LogP) is 28.7. The van der Waals surface area contributed by atoms with Crippen molar-refractivity contribution in [2.24, 2.45) is 0 Å². The maximum atomic E-state index is 5.88. The third-order valence-electron chi connectivity index (χ3n) is 27.7. The molecule has 2 nitrogen and oxygen atoms in total. The molecule has 15 rings (SSSR count). The standard InChI is InChI=1S/C34H38O2Si2.C34H38Se2Si2.C34H38Si2Te2/c2*1-7-37(8-2,9-3)19-15-27-29-21-25-13-17-36-34(25)24-32(29)28(16-20-38(10-4,11-5)12-6)30-22-26-14-18-35-33(26)23-31(27)30;1-7-35(8-2,9-3)17-13-27-29-21-25-15-19-38-34(25)24-32(29)28(14-18-36(10-4,11-5)12-6)30-22-26-16-20-37-33(26)23-31(27)30/h2*13-14,17-18,21-24H,7-12H2,1-6H3;15-16,19-24H,7-12H2,1-6H3. The molecule has 0 N–H and O–H groups in total. The van der Waals surface area contributed by atoms with Crippen LogP contribution in [0, 0.1) is 68.8 Å². The summed E-state index contributed by atoms with van der Waals surface area (Å²) in [6.45, 7) is 42.2. The van der Waals surface area contributed by atoms with Crippen LogP contribution in [0.5, 0.6) is 0 Å². The molecule has 9 aromatic carbocycles. The molecule has 6 heterocycles. The normalized spacial score (nSPS) is 12.2. The van der Waals surface area contributed by atoms with Crippen molar-refractivity contribution in [3.8, 4) is 68.8 Å². The molecular weight excluding hydrogens is 1840 g/mol. The zero-order chi connectivity index (χ0) is 80.7. The van der Waals surface area contributed by atoms with E-state index in [9.17, 15) is 0 Å². The molecular formula is C102H114O2Se2Si6Te2. The van der Waals surface area contributed by atoms with Gasteiger partial charge in [-0.25, -0.2) is 0 Å². The van der Waals surface area contributed by atoms with Crippen LogP contribution in [0.3, 0.4) is 0 Å². The van der Waals surface area contributed by atoms with Gasteiger partial charge in [0.25, 0.3) is 0 Å². The van der Waals surface area contributed by atoms with E-state index in [-0.39, 0.29) is 40.9 Å². The molecule has 0 atom stereocenters. The summed E-state index contributed by atoms with van der Waals surface area (Å²) in [7, 11) is -9.63. The number of hydrogen-bond acceptors (Lipinski definition) is 2. The smallest absolute Gasteiger partial charge is 0.138 e. The minimum Gasteiger partial charge on any atom is -0.464 e. The quantitative estimate of drug-likeness (QED) is 0.0486. The van der Waals surface area contributed by atoms with Crippen LogP contribution in [0.25, 0.3) is 123 Å². The fourth-order valence-corrected chi connectivity index (χ4v) is 40.0. The zero-order valence-electron chi connectivity index (χ0n) is 71.0. The van der Waals surface area contributed by atoms with Crippen molar-refractivity contribution in [2.45, 2.75) is 233 Å². The molecule has 12 heteroatoms. The number of rotatable bonds is 18. The summed E-state index contributed by atoms with van der Waals surface area (Å²) in [5.74, 6) is 23.1. The van der Waals surface area contributed by atoms with Crippen LogP contribution in [0.2, 0.25) is 109 Å². The second kappa shape index (κ2) is 37.0. The summed E-state index contributed by atoms with van der Waals surface area (Å²) < 4.78 is 22.7. The molecule has 15 aromatic rings. The average molecular weight is 1950 g/mol. The van der Waals surface area contributed by atoms with Crippen LogP contribution in [0.4, 0.5) is 0 Å². The monoisotopic (exact) mass is 1960 g/mol. The van der Waals surface area contributed by atoms with Crippen LogP contribution in [-0.2, 0) is 0 Å². The average Bonchev–Trinajstić information content (AvgIpc) is 1.26. The molecule has 0 spiro atoms. The molecule has 0 bridgehead atoms. The summed E-state index contributed by atoms with van der Waals surface area (Å²) >= 11 is 0.303. The van der Waals surface area contributed by atoms with E-state index in [0.29, 0.717) is 29.0 Å². The summed E-state index contributed by atoms with van der Waals surface area (Å²) in [5.41, 5.74) is 32.6. The molecule has 0 unspecified atom stereocenters. The van der Waals surface area contributed by atoms with Crippen LogP contribution in [0.15, 0.2) is 149 Å². The van der Waals surface area contributed by atoms with Crippen LogP contribution < -0.4 is 0 Å². The first-order chi connectivity index (χ1) is 55.4. The van der Waals surface area contributed by atoms with Gasteiger partial charge in [0.1, 0.15) is 27.3 Å². The van der Waals surface area contributed by atoms with Gasteiger partial charge in [-0.15, -0.1) is 11.1 Å². The summed E-state index contributed by atoms with van der Waals surface area (Å²) in [4.78, 5) is 4.72. The minimum absolute atomic E-state index is 0.253. The summed E-state index contributed by atoms with van der Waals surface area (Å²) in [6, 6.07) is 64.0. The molecule has 0 saturated carbocycles. The molecule has 0 saturated heterocycles. The third kappa shape index (κ3) is 16.7. The Labute approximate surface area is 718 Å². The molecule has 582 valence electrons. The number of hydrogen-bond donors (Lipinski definition) is 0. The maximum absolute atomic E-state index is 5.88. The predicted molar refractivity (Wildman–Crippen MR) is 526 cm³/mol. The van der Waals surface area contributed by atoms with Gasteiger partial charge in [0.2, 0.25) is 0 Å². The van der Waals surface area contributed by atoms with E-state index >= 15 is 0 Å². The minimum atomic E-state index is -1.65. The van der Waals surface area contributed by atoms with Gasteiger partial charge in [0, 0.05) is 43.4 Å². The van der Waals surface area contributed by atoms with Crippen molar-refractivity contribution in [1.29, 1.82) is 0 Å². The van der Waals surface area contributed by atoms with E-state index in [2.05, 4.69) is 309 Å². The van der Waals surface area contributed by atoms with Crippen molar-refractivity contribution < 1.29 is 8.83 Å². The van der Waals surface area contributed by atoms with Gasteiger partial charge in [0.15, 0.2) is 0 Å². The van der Waals surface area contributed by atoms with Gasteiger partial charge in [-0.05, 0) is 72.7 Å². The maximum Gasteiger partial charge on any atom is 0.138 e. The fraction of sp³-hybridized carbons (Fsp3) is 0.353. The van der Waals surface area contributed by atoms with Gasteiger partial charge in [0.05, 0.1) is 12.5 Å². The van der Waals surface area contributed by atoms with E-state index in [1.54, 1.807) is 19.3 Å². The van der Waals surface area contributed by atoms with Crippen molar-refractivity contribution in [3.05, 3.63) is 173 Å². The largest absolute Gasteiger partial charge is 0.464 e. The van der Waals surface area contributed by atoms with Gasteiger partial charge in [-0.3, -0.25) is 0 Å². The Morgan fingerprint density at radius 3 is 0.719 bits per heavy atom. The van der Waals surface area contributed by atoms with Crippen molar-refractivity contribution in [2.75, 3.05) is 0 Å². The van der Waals surface area contributed by atoms with Gasteiger partial charge in [-0.1, -0.05) is 53.4 Å². The van der Waals surface area contributed by atoms with E-state index in [0.717, 1.165) is 54.6 Å². The molecule has 6 aromatic heterocycles. The third-order valence-corrected chi connectivity index (χ3v) is 64.7. The fourth-order valence-electron chi connectivity index (χ4n) is 17.5. The van der Waals surface area contributed by atoms with Crippen LogP contribution in [0.1, 0.15) is 158 Å². The first-order valence-electron chi connectivity index (χ1n) is 42.9. The Bertz CT molecular complexity index is 5200. The Hall–Kier alpha value is -6.14. The Balaban J connectivity index is 0.000000149. The van der Waals surface area contributed by atoms with E-state index < -0.39 is 48.4 Å². The van der Waals surface area contributed by atoms with Gasteiger partial charge in [-0.2, -0.15) is 0 Å². The van der Waals surface area contributed by atoms with Crippen molar-refractivity contribution in [3.63, 3.8) is 0 Å². The van der Waals surface area contributed by atoms with Gasteiger partial charge < -0.3 is 8.83 Å². The first kappa shape index (κ1) is 85.7. The molecule has 0 amide bonds. The summed E-state index contributed by atoms with van der Waals surface area (Å²) in [6.07, 6.45) is 3.55. The Kier molecular flexibility index (Phi) is 27.8. The van der Waals surface area contributed by atoms with E-state index in [4.69, 9.17) is 8.83 Å². The van der Waals surface area contributed by atoms with Gasteiger partial charge >= 0.3 is 497 Å². The zero-order valence-corrected chi connectivity index (χ0v) is 85.1. The number of benzene rings is 9. The Morgan fingerprint density at radius 1 is 0.246 bits per heavy atom. The molecule has 0 aliphatic carbocycles. The summed E-state index contributed by atoms with van der Waals surface area (Å²) in [5, 5.41) is 23.1. The van der Waals surface area contributed by atoms with E-state index in [1.807, 2.05) is 12.1 Å². The number of fused-ring (bicyclic) bond motifs is 12. The van der Waals surface area contributed by atoms with Crippen LogP contribution in [-0.4, -0.2) is 118 Å². The molecule has 114 heavy (non-hydrogen) atoms. The van der Waals surface area contributed by atoms with Crippen LogP contribution >= 0.6 is 0 Å². The van der Waals surface area contributed by atoms with Crippen molar-refractivity contribution >= 4 is 242 Å². The first-order valence-corrected chi connectivity index (χ1v) is 67.3. The SMILES string of the molecule is CC[Si](C#Cc1c2cc3cc[se]c3cc2c(C#C[Si](CC)(CC)CC)c2cc3cc[se]c3cc12)(CC)CC.CC[Si](C#Cc1c2cc3cc[te]c3cc2c(C#C[Si](CC)(CC)CC)c2cc3cc[te]c3cc12)(CC)CC.CC[Si](C#Cc1c2cc3ccoc3cc2c(C#C[Si](CC)(CC)CC)c2cc3ccoc3cc12)(CC)CC. The van der Waals surface area contributed by atoms with Crippen molar-refractivity contribution in [1.82, 2.24) is 0 Å².